The molecule has 0 amide bonds. The van der Waals surface area contributed by atoms with Gasteiger partial charge in [-0.2, -0.15) is 0 Å². The molecule has 4 rings (SSSR count). The van der Waals surface area contributed by atoms with Gasteiger partial charge in [-0.15, -0.1) is 11.3 Å². The van der Waals surface area contributed by atoms with Crippen molar-refractivity contribution >= 4 is 11.3 Å². The standard InChI is InChI=1S/C20H22N2OS/c1-14-6-3-7-16(12-14)18-8-4-10-22(18)13-17-15(2)23-20(21-17)19-9-5-11-24-19/h3,5-7,9,11-12,18H,4,8,10,13H2,1-2H3/t18-/m1/s1. The fourth-order valence-corrected chi connectivity index (χ4v) is 4.19. The van der Waals surface area contributed by atoms with E-state index in [0.717, 1.165) is 35.3 Å². The van der Waals surface area contributed by atoms with Gasteiger partial charge in [-0.3, -0.25) is 4.90 Å². The largest absolute Gasteiger partial charge is 0.440 e. The Hall–Kier alpha value is -1.91. The fourth-order valence-electron chi connectivity index (χ4n) is 3.54. The second-order valence-electron chi connectivity index (χ2n) is 6.54. The topological polar surface area (TPSA) is 29.3 Å². The number of rotatable bonds is 4. The zero-order valence-corrected chi connectivity index (χ0v) is 15.0. The highest BCUT2D eigenvalue weighted by atomic mass is 32.1. The first kappa shape index (κ1) is 15.6. The lowest BCUT2D eigenvalue weighted by Gasteiger charge is -2.24. The van der Waals surface area contributed by atoms with Crippen molar-refractivity contribution in [2.45, 2.75) is 39.3 Å². The molecule has 0 N–H and O–H groups in total. The van der Waals surface area contributed by atoms with Crippen LogP contribution in [0.25, 0.3) is 10.8 Å². The molecule has 3 heterocycles. The van der Waals surface area contributed by atoms with Crippen LogP contribution in [0.4, 0.5) is 0 Å². The summed E-state index contributed by atoms with van der Waals surface area (Å²) in [6, 6.07) is 13.5. The number of aromatic nitrogens is 1. The van der Waals surface area contributed by atoms with Gasteiger partial charge < -0.3 is 4.42 Å². The first-order valence-electron chi connectivity index (χ1n) is 8.51. The predicted octanol–water partition coefficient (Wildman–Crippen LogP) is 5.36. The van der Waals surface area contributed by atoms with Crippen LogP contribution in [-0.4, -0.2) is 16.4 Å². The first-order chi connectivity index (χ1) is 11.7. The quantitative estimate of drug-likeness (QED) is 0.641. The van der Waals surface area contributed by atoms with Crippen molar-refractivity contribution in [3.05, 3.63) is 64.4 Å². The lowest BCUT2D eigenvalue weighted by Crippen LogP contribution is -2.23. The maximum atomic E-state index is 5.90. The van der Waals surface area contributed by atoms with Crippen LogP contribution in [0.5, 0.6) is 0 Å². The van der Waals surface area contributed by atoms with Gasteiger partial charge >= 0.3 is 0 Å². The number of aryl methyl sites for hydroxylation is 2. The third kappa shape index (κ3) is 3.04. The average molecular weight is 338 g/mol. The molecule has 1 saturated heterocycles. The number of thiophene rings is 1. The second kappa shape index (κ2) is 6.54. The summed E-state index contributed by atoms with van der Waals surface area (Å²) in [5.41, 5.74) is 3.82. The number of oxazole rings is 1. The van der Waals surface area contributed by atoms with Gasteiger partial charge in [0.1, 0.15) is 5.76 Å². The van der Waals surface area contributed by atoms with Crippen molar-refractivity contribution < 1.29 is 4.42 Å². The van der Waals surface area contributed by atoms with Crippen LogP contribution >= 0.6 is 11.3 Å². The number of hydrogen-bond donors (Lipinski definition) is 0. The van der Waals surface area contributed by atoms with E-state index in [-0.39, 0.29) is 0 Å². The Kier molecular flexibility index (Phi) is 4.25. The summed E-state index contributed by atoms with van der Waals surface area (Å²) in [6.45, 7) is 6.17. The van der Waals surface area contributed by atoms with E-state index in [2.05, 4.69) is 47.5 Å². The van der Waals surface area contributed by atoms with E-state index in [0.29, 0.717) is 6.04 Å². The predicted molar refractivity (Wildman–Crippen MR) is 98.1 cm³/mol. The van der Waals surface area contributed by atoms with E-state index in [4.69, 9.17) is 9.40 Å². The molecule has 1 aromatic carbocycles. The highest BCUT2D eigenvalue weighted by Crippen LogP contribution is 2.34. The highest BCUT2D eigenvalue weighted by molar-refractivity contribution is 7.13. The van der Waals surface area contributed by atoms with Crippen molar-refractivity contribution in [3.63, 3.8) is 0 Å². The summed E-state index contributed by atoms with van der Waals surface area (Å²) < 4.78 is 5.90. The van der Waals surface area contributed by atoms with Crippen LogP contribution in [-0.2, 0) is 6.54 Å². The minimum atomic E-state index is 0.492. The van der Waals surface area contributed by atoms with E-state index in [1.807, 2.05) is 13.0 Å². The lowest BCUT2D eigenvalue weighted by molar-refractivity contribution is 0.244. The van der Waals surface area contributed by atoms with Crippen molar-refractivity contribution in [1.82, 2.24) is 9.88 Å². The minimum Gasteiger partial charge on any atom is -0.440 e. The van der Waals surface area contributed by atoms with Gasteiger partial charge in [0.25, 0.3) is 0 Å². The Morgan fingerprint density at radius 3 is 2.96 bits per heavy atom. The summed E-state index contributed by atoms with van der Waals surface area (Å²) in [6.07, 6.45) is 2.46. The molecule has 0 unspecified atom stereocenters. The van der Waals surface area contributed by atoms with Crippen LogP contribution in [0.1, 0.15) is 41.5 Å². The van der Waals surface area contributed by atoms with Gasteiger partial charge in [-0.05, 0) is 50.2 Å². The van der Waals surface area contributed by atoms with E-state index in [1.165, 1.54) is 24.0 Å². The number of benzene rings is 1. The average Bonchev–Trinajstić information content (AvgIpc) is 3.29. The Labute approximate surface area is 147 Å². The molecule has 4 heteroatoms. The Bertz CT molecular complexity index is 822. The van der Waals surface area contributed by atoms with E-state index < -0.39 is 0 Å². The van der Waals surface area contributed by atoms with Gasteiger partial charge in [-0.1, -0.05) is 35.9 Å². The molecule has 3 aromatic rings. The van der Waals surface area contributed by atoms with Gasteiger partial charge in [0.15, 0.2) is 0 Å². The van der Waals surface area contributed by atoms with E-state index in [1.54, 1.807) is 11.3 Å². The Morgan fingerprint density at radius 2 is 2.17 bits per heavy atom. The van der Waals surface area contributed by atoms with Crippen LogP contribution in [0, 0.1) is 13.8 Å². The summed E-state index contributed by atoms with van der Waals surface area (Å²) >= 11 is 1.67. The van der Waals surface area contributed by atoms with Crippen molar-refractivity contribution in [2.24, 2.45) is 0 Å². The highest BCUT2D eigenvalue weighted by Gasteiger charge is 2.27. The smallest absolute Gasteiger partial charge is 0.236 e. The lowest BCUT2D eigenvalue weighted by atomic mass is 10.0. The summed E-state index contributed by atoms with van der Waals surface area (Å²) in [4.78, 5) is 8.40. The molecule has 1 aliphatic heterocycles. The van der Waals surface area contributed by atoms with Gasteiger partial charge in [-0.25, -0.2) is 4.98 Å². The zero-order chi connectivity index (χ0) is 16.5. The maximum absolute atomic E-state index is 5.90. The summed E-state index contributed by atoms with van der Waals surface area (Å²) in [5, 5.41) is 2.06. The third-order valence-electron chi connectivity index (χ3n) is 4.77. The Balaban J connectivity index is 1.56. The van der Waals surface area contributed by atoms with Crippen LogP contribution in [0.15, 0.2) is 46.2 Å². The molecule has 3 nitrogen and oxygen atoms in total. The van der Waals surface area contributed by atoms with Crippen molar-refractivity contribution in [2.75, 3.05) is 6.54 Å². The molecule has 0 bridgehead atoms. The van der Waals surface area contributed by atoms with Crippen molar-refractivity contribution in [3.8, 4) is 10.8 Å². The van der Waals surface area contributed by atoms with Crippen LogP contribution < -0.4 is 0 Å². The number of hydrogen-bond acceptors (Lipinski definition) is 4. The normalized spacial score (nSPS) is 18.3. The molecule has 0 saturated carbocycles. The molecule has 0 aliphatic carbocycles. The maximum Gasteiger partial charge on any atom is 0.236 e. The molecule has 1 atom stereocenters. The molecule has 0 radical (unpaired) electrons. The number of likely N-dealkylation sites (tertiary alicyclic amines) is 1. The molecule has 0 spiro atoms. The number of nitrogens with zero attached hydrogens (tertiary/aromatic N) is 2. The molecule has 1 aliphatic rings. The van der Waals surface area contributed by atoms with Gasteiger partial charge in [0.2, 0.25) is 5.89 Å². The second-order valence-corrected chi connectivity index (χ2v) is 7.49. The zero-order valence-electron chi connectivity index (χ0n) is 14.2. The fraction of sp³-hybridized carbons (Fsp3) is 0.350. The molecular formula is C20H22N2OS. The molecule has 2 aromatic heterocycles. The monoisotopic (exact) mass is 338 g/mol. The van der Waals surface area contributed by atoms with Gasteiger partial charge in [0.05, 0.1) is 10.6 Å². The SMILES string of the molecule is Cc1cccc([C@H]2CCCN2Cc2nc(-c3cccs3)oc2C)c1. The van der Waals surface area contributed by atoms with Crippen LogP contribution in [0.2, 0.25) is 0 Å². The third-order valence-corrected chi connectivity index (χ3v) is 5.63. The van der Waals surface area contributed by atoms with E-state index >= 15 is 0 Å². The molecule has 1 fully saturated rings. The summed E-state index contributed by atoms with van der Waals surface area (Å²) in [7, 11) is 0. The van der Waals surface area contributed by atoms with Crippen LogP contribution in [0.3, 0.4) is 0 Å². The van der Waals surface area contributed by atoms with E-state index in [9.17, 15) is 0 Å². The first-order valence-corrected chi connectivity index (χ1v) is 9.39. The molecular weight excluding hydrogens is 316 g/mol. The van der Waals surface area contributed by atoms with Crippen molar-refractivity contribution in [1.29, 1.82) is 0 Å². The minimum absolute atomic E-state index is 0.492. The molecule has 124 valence electrons. The Morgan fingerprint density at radius 1 is 1.25 bits per heavy atom. The van der Waals surface area contributed by atoms with Gasteiger partial charge in [0, 0.05) is 12.6 Å². The molecule has 24 heavy (non-hydrogen) atoms. The summed E-state index contributed by atoms with van der Waals surface area (Å²) in [5.74, 6) is 1.69.